The molecular weight excluding hydrogens is 333 g/mol. The van der Waals surface area contributed by atoms with E-state index in [1.807, 2.05) is 12.1 Å². The number of hydrogen-bond acceptors (Lipinski definition) is 3. The van der Waals surface area contributed by atoms with Gasteiger partial charge < -0.3 is 14.8 Å². The molecule has 0 spiro atoms. The van der Waals surface area contributed by atoms with Gasteiger partial charge in [-0.1, -0.05) is 23.7 Å². The van der Waals surface area contributed by atoms with Gasteiger partial charge in [0.1, 0.15) is 19.0 Å². The summed E-state index contributed by atoms with van der Waals surface area (Å²) in [5.41, 5.74) is 1.74. The lowest BCUT2D eigenvalue weighted by Crippen LogP contribution is -2.27. The third-order valence-corrected chi connectivity index (χ3v) is 3.95. The van der Waals surface area contributed by atoms with Crippen molar-refractivity contribution in [2.24, 2.45) is 0 Å². The van der Waals surface area contributed by atoms with Gasteiger partial charge in [-0.3, -0.25) is 4.79 Å². The van der Waals surface area contributed by atoms with Gasteiger partial charge in [0, 0.05) is 6.54 Å². The highest BCUT2D eigenvalue weighted by atomic mass is 35.5. The molecule has 1 aliphatic rings. The second-order valence-corrected chi connectivity index (χ2v) is 5.91. The SMILES string of the molecule is O=C(Cc1ccc(F)cc1)NCCc1cc(Cl)c2c(c1)OCCO2. The third kappa shape index (κ3) is 4.17. The van der Waals surface area contributed by atoms with Gasteiger partial charge in [0.05, 0.1) is 11.4 Å². The molecule has 24 heavy (non-hydrogen) atoms. The van der Waals surface area contributed by atoms with Crippen LogP contribution in [0.3, 0.4) is 0 Å². The fourth-order valence-electron chi connectivity index (χ4n) is 2.50. The Kier molecular flexibility index (Phi) is 5.20. The van der Waals surface area contributed by atoms with Crippen LogP contribution in [0.15, 0.2) is 36.4 Å². The predicted molar refractivity (Wildman–Crippen MR) is 89.3 cm³/mol. The van der Waals surface area contributed by atoms with Crippen LogP contribution in [0.4, 0.5) is 4.39 Å². The van der Waals surface area contributed by atoms with Crippen LogP contribution >= 0.6 is 11.6 Å². The molecule has 0 unspecified atom stereocenters. The molecule has 0 aliphatic carbocycles. The maximum atomic E-state index is 12.8. The number of carbonyl (C=O) groups excluding carboxylic acids is 1. The van der Waals surface area contributed by atoms with Crippen LogP contribution in [0.25, 0.3) is 0 Å². The Morgan fingerprint density at radius 1 is 1.12 bits per heavy atom. The van der Waals surface area contributed by atoms with E-state index in [0.717, 1.165) is 11.1 Å². The third-order valence-electron chi connectivity index (χ3n) is 3.67. The number of benzene rings is 2. The minimum atomic E-state index is -0.311. The minimum absolute atomic E-state index is 0.106. The lowest BCUT2D eigenvalue weighted by molar-refractivity contribution is -0.120. The van der Waals surface area contributed by atoms with Crippen molar-refractivity contribution >= 4 is 17.5 Å². The summed E-state index contributed by atoms with van der Waals surface area (Å²) in [6.45, 7) is 1.47. The Morgan fingerprint density at radius 2 is 1.88 bits per heavy atom. The van der Waals surface area contributed by atoms with Gasteiger partial charge in [0.15, 0.2) is 11.5 Å². The van der Waals surface area contributed by atoms with E-state index in [1.165, 1.54) is 12.1 Å². The maximum absolute atomic E-state index is 12.8. The first kappa shape index (κ1) is 16.6. The molecule has 1 amide bonds. The predicted octanol–water partition coefficient (Wildman–Crippen LogP) is 3.15. The topological polar surface area (TPSA) is 47.6 Å². The molecule has 2 aromatic carbocycles. The van der Waals surface area contributed by atoms with E-state index in [-0.39, 0.29) is 18.1 Å². The number of amides is 1. The summed E-state index contributed by atoms with van der Waals surface area (Å²) < 4.78 is 23.8. The summed E-state index contributed by atoms with van der Waals surface area (Å²) in [5, 5.41) is 3.36. The molecule has 126 valence electrons. The zero-order valence-corrected chi connectivity index (χ0v) is 13.7. The van der Waals surface area contributed by atoms with E-state index in [0.29, 0.717) is 42.7 Å². The Hall–Kier alpha value is -2.27. The van der Waals surface area contributed by atoms with E-state index in [1.54, 1.807) is 12.1 Å². The van der Waals surface area contributed by atoms with Crippen molar-refractivity contribution in [2.75, 3.05) is 19.8 Å². The Balaban J connectivity index is 1.52. The summed E-state index contributed by atoms with van der Waals surface area (Å²) in [6, 6.07) is 9.61. The smallest absolute Gasteiger partial charge is 0.224 e. The van der Waals surface area contributed by atoms with Crippen LogP contribution in [-0.2, 0) is 17.6 Å². The van der Waals surface area contributed by atoms with Crippen molar-refractivity contribution in [2.45, 2.75) is 12.8 Å². The number of rotatable bonds is 5. The highest BCUT2D eigenvalue weighted by Gasteiger charge is 2.16. The van der Waals surface area contributed by atoms with Crippen LogP contribution in [0.2, 0.25) is 5.02 Å². The van der Waals surface area contributed by atoms with Gasteiger partial charge in [0.2, 0.25) is 5.91 Å². The fraction of sp³-hybridized carbons (Fsp3) is 0.278. The maximum Gasteiger partial charge on any atom is 0.224 e. The standard InChI is InChI=1S/C18H17ClFNO3/c19-15-9-13(10-16-18(15)24-8-7-23-16)5-6-21-17(22)11-12-1-3-14(20)4-2-12/h1-4,9-10H,5-8,11H2,(H,21,22). The van der Waals surface area contributed by atoms with E-state index in [2.05, 4.69) is 5.32 Å². The number of nitrogens with one attached hydrogen (secondary N) is 1. The molecule has 3 rings (SSSR count). The lowest BCUT2D eigenvalue weighted by atomic mass is 10.1. The molecular formula is C18H17ClFNO3. The molecule has 0 saturated heterocycles. The first-order valence-corrected chi connectivity index (χ1v) is 8.09. The highest BCUT2D eigenvalue weighted by Crippen LogP contribution is 2.38. The van der Waals surface area contributed by atoms with E-state index in [4.69, 9.17) is 21.1 Å². The first-order valence-electron chi connectivity index (χ1n) is 7.71. The number of ether oxygens (including phenoxy) is 2. The molecule has 0 radical (unpaired) electrons. The van der Waals surface area contributed by atoms with Crippen LogP contribution in [0.5, 0.6) is 11.5 Å². The normalized spacial score (nSPS) is 12.8. The molecule has 1 N–H and O–H groups in total. The molecule has 2 aromatic rings. The average Bonchev–Trinajstić information content (AvgIpc) is 2.57. The van der Waals surface area contributed by atoms with Crippen molar-refractivity contribution in [3.63, 3.8) is 0 Å². The second-order valence-electron chi connectivity index (χ2n) is 5.51. The lowest BCUT2D eigenvalue weighted by Gasteiger charge is -2.20. The Labute approximate surface area is 144 Å². The van der Waals surface area contributed by atoms with Crippen LogP contribution in [0, 0.1) is 5.82 Å². The van der Waals surface area contributed by atoms with Crippen LogP contribution in [0.1, 0.15) is 11.1 Å². The quantitative estimate of drug-likeness (QED) is 0.902. The minimum Gasteiger partial charge on any atom is -0.486 e. The van der Waals surface area contributed by atoms with Crippen molar-refractivity contribution in [3.8, 4) is 11.5 Å². The van der Waals surface area contributed by atoms with Gasteiger partial charge in [-0.25, -0.2) is 4.39 Å². The van der Waals surface area contributed by atoms with E-state index in [9.17, 15) is 9.18 Å². The summed E-state index contributed by atoms with van der Waals surface area (Å²) in [6.07, 6.45) is 0.855. The highest BCUT2D eigenvalue weighted by molar-refractivity contribution is 6.32. The molecule has 0 saturated carbocycles. The van der Waals surface area contributed by atoms with Crippen molar-refractivity contribution in [3.05, 3.63) is 58.4 Å². The monoisotopic (exact) mass is 349 g/mol. The van der Waals surface area contributed by atoms with Gasteiger partial charge >= 0.3 is 0 Å². The fourth-order valence-corrected chi connectivity index (χ4v) is 2.79. The van der Waals surface area contributed by atoms with Gasteiger partial charge in [0.25, 0.3) is 0 Å². The number of halogens is 2. The molecule has 4 nitrogen and oxygen atoms in total. The molecule has 0 aromatic heterocycles. The van der Waals surface area contributed by atoms with Gasteiger partial charge in [-0.05, 0) is 41.8 Å². The molecule has 1 heterocycles. The van der Waals surface area contributed by atoms with Gasteiger partial charge in [-0.2, -0.15) is 0 Å². The Morgan fingerprint density at radius 3 is 2.67 bits per heavy atom. The summed E-state index contributed by atoms with van der Waals surface area (Å²) in [7, 11) is 0. The van der Waals surface area contributed by atoms with Crippen molar-refractivity contribution in [1.29, 1.82) is 0 Å². The average molecular weight is 350 g/mol. The first-order chi connectivity index (χ1) is 11.6. The number of fused-ring (bicyclic) bond motifs is 1. The molecule has 0 bridgehead atoms. The van der Waals surface area contributed by atoms with Crippen molar-refractivity contribution in [1.82, 2.24) is 5.32 Å². The second kappa shape index (κ2) is 7.53. The summed E-state index contributed by atoms with van der Waals surface area (Å²) in [4.78, 5) is 11.9. The van der Waals surface area contributed by atoms with Crippen LogP contribution < -0.4 is 14.8 Å². The van der Waals surface area contributed by atoms with Crippen molar-refractivity contribution < 1.29 is 18.7 Å². The zero-order valence-electron chi connectivity index (χ0n) is 13.0. The van der Waals surface area contributed by atoms with E-state index < -0.39 is 0 Å². The largest absolute Gasteiger partial charge is 0.486 e. The molecule has 0 fully saturated rings. The molecule has 1 aliphatic heterocycles. The van der Waals surface area contributed by atoms with E-state index >= 15 is 0 Å². The number of hydrogen-bond donors (Lipinski definition) is 1. The Bertz CT molecular complexity index is 734. The number of carbonyl (C=O) groups is 1. The zero-order chi connectivity index (χ0) is 16.9. The summed E-state index contributed by atoms with van der Waals surface area (Å²) in [5.74, 6) is 0.799. The summed E-state index contributed by atoms with van der Waals surface area (Å²) >= 11 is 6.19. The molecule has 6 heteroatoms. The van der Waals surface area contributed by atoms with Crippen LogP contribution in [-0.4, -0.2) is 25.7 Å². The van der Waals surface area contributed by atoms with Gasteiger partial charge in [-0.15, -0.1) is 0 Å². The molecule has 0 atom stereocenters.